The Balaban J connectivity index is 0.000000277. The van der Waals surface area contributed by atoms with Gasteiger partial charge in [0, 0.05) is 126 Å². The van der Waals surface area contributed by atoms with Gasteiger partial charge in [-0.3, -0.25) is 39.1 Å². The smallest absolute Gasteiger partial charge is 0.155 e. The molecule has 696 valence electrons. The first-order valence-electron chi connectivity index (χ1n) is 45.4. The van der Waals surface area contributed by atoms with Gasteiger partial charge in [-0.1, -0.05) is 268 Å². The van der Waals surface area contributed by atoms with Crippen molar-refractivity contribution in [2.24, 2.45) is 23.7 Å². The van der Waals surface area contributed by atoms with E-state index in [1.54, 1.807) is 0 Å². The predicted molar refractivity (Wildman–Crippen MR) is 522 cm³/mol. The summed E-state index contributed by atoms with van der Waals surface area (Å²) in [5.74, 6) is 3.19. The molecule has 0 aliphatic heterocycles. The standard InChI is InChI=1S/C25H28N.C24H26N.C23H24N.C22H22N.4C5H8O2.4Ir/c1-18-14-19(2)16-22(15-18)24-13-12-23-21(10-7-11-25(23)26-24)17-20-8-5-3-4-6-9-20;1-17-13-18(2)15-21(14-17)23-12-11-22-20(9-6-10-24(22)25-23)16-19-7-4-3-5-8-19;1-16-12-17(2)14-20(13-16)22-11-10-21-19(8-5-9-23(21)24-22)15-18-6-3-4-7-18;1-15-11-16(2)13-19(12-15)21-10-9-20-18(14-17-5-3-6-17)7-4-8-22(20)23-21;4*1-4(6)3-5(2)7;;;;/h7,10-15,20H,3-6,8-9,17H2,1-2H3;6,9-14,19H,3-5,7-8,16H2,1-2H3;5,8-13,18H,3-4,6-7,15H2,1-2H3;4,7-12,17H,3,5-6,14H2,1-2H3;4*3,6H,1-2H3;;;;/q4*-1;;;;;;;;. The SMILES string of the molecule is CC(=O)C=C(C)O.CC(=O)C=C(C)O.CC(=O)C=C(C)O.CC(=O)C=C(C)O.Cc1[c-]c(-c2ccc3c(CC4CCC4)cccc3n2)cc(C)c1.Cc1[c-]c(-c2ccc3c(CC4CCCC4)cccc3n2)cc(C)c1.Cc1[c-]c(-c2ccc3c(CC4CCCCC4)cccc3n2)cc(C)c1.Cc1[c-]c(-c2ccc3c(CC4CCCCCC4)cccc3n2)cc(C)c1.[Ir].[Ir].[Ir].[Ir]. The third kappa shape index (κ3) is 37.8. The third-order valence-corrected chi connectivity index (χ3v) is 23.1. The summed E-state index contributed by atoms with van der Waals surface area (Å²) >= 11 is 0. The third-order valence-electron chi connectivity index (χ3n) is 23.1. The van der Waals surface area contributed by atoms with Crippen molar-refractivity contribution in [2.45, 2.75) is 252 Å². The van der Waals surface area contributed by atoms with Crippen LogP contribution in [0.3, 0.4) is 0 Å². The number of fused-ring (bicyclic) bond motifs is 4. The zero-order valence-electron chi connectivity index (χ0n) is 78.9. The molecule has 4 radical (unpaired) electrons. The average molecular weight is 2460 g/mol. The monoisotopic (exact) mass is 2460 g/mol. The molecule has 12 aromatic rings. The second-order valence-electron chi connectivity index (χ2n) is 35.4. The number of ketones is 4. The number of hydrogen-bond donors (Lipinski definition) is 4. The van der Waals surface area contributed by atoms with E-state index in [1.165, 1.54) is 309 Å². The molecule has 8 aromatic carbocycles. The summed E-state index contributed by atoms with van der Waals surface area (Å²) in [6.07, 6.45) is 34.7. The van der Waals surface area contributed by atoms with Crippen molar-refractivity contribution in [3.05, 3.63) is 308 Å². The van der Waals surface area contributed by atoms with E-state index in [0.717, 1.165) is 90.8 Å². The van der Waals surface area contributed by atoms with Crippen LogP contribution in [0.25, 0.3) is 88.6 Å². The van der Waals surface area contributed by atoms with Gasteiger partial charge in [-0.05, 0) is 174 Å². The summed E-state index contributed by atoms with van der Waals surface area (Å²) in [7, 11) is 0. The molecule has 4 aliphatic carbocycles. The Bertz CT molecular complexity index is 5640. The van der Waals surface area contributed by atoms with Gasteiger partial charge in [0.1, 0.15) is 0 Å². The van der Waals surface area contributed by atoms with Crippen molar-refractivity contribution in [2.75, 3.05) is 0 Å². The Morgan fingerprint density at radius 3 is 0.638 bits per heavy atom. The Kier molecular flexibility index (Phi) is 48.5. The summed E-state index contributed by atoms with van der Waals surface area (Å²) in [6, 6.07) is 75.1. The van der Waals surface area contributed by atoms with Gasteiger partial charge in [0.2, 0.25) is 0 Å². The number of rotatable bonds is 16. The molecule has 12 nitrogen and oxygen atoms in total. The van der Waals surface area contributed by atoms with Gasteiger partial charge in [0.25, 0.3) is 0 Å². The molecule has 4 aliphatic rings. The van der Waals surface area contributed by atoms with Gasteiger partial charge in [0.05, 0.1) is 45.1 Å². The Morgan fingerprint density at radius 1 is 0.277 bits per heavy atom. The average Bonchev–Trinajstić information content (AvgIpc) is 0.905. The molecule has 16 heteroatoms. The number of aliphatic hydroxyl groups is 4. The summed E-state index contributed by atoms with van der Waals surface area (Å²) < 4.78 is 0. The molecule has 0 saturated heterocycles. The number of hydrogen-bond acceptors (Lipinski definition) is 12. The van der Waals surface area contributed by atoms with Crippen LogP contribution >= 0.6 is 0 Å². The van der Waals surface area contributed by atoms with E-state index in [9.17, 15) is 19.2 Å². The fourth-order valence-corrected chi connectivity index (χ4v) is 17.6. The van der Waals surface area contributed by atoms with E-state index >= 15 is 0 Å². The number of pyridine rings is 4. The van der Waals surface area contributed by atoms with Crippen molar-refractivity contribution in [3.63, 3.8) is 0 Å². The largest absolute Gasteiger partial charge is 0.512 e. The topological polar surface area (TPSA) is 201 Å². The van der Waals surface area contributed by atoms with Crippen LogP contribution in [0.2, 0.25) is 0 Å². The van der Waals surface area contributed by atoms with E-state index in [4.69, 9.17) is 40.4 Å². The number of allylic oxidation sites excluding steroid dienone is 8. The number of carbonyl (C=O) groups excluding carboxylic acids is 4. The molecule has 0 atom stereocenters. The molecule has 130 heavy (non-hydrogen) atoms. The Labute approximate surface area is 828 Å². The van der Waals surface area contributed by atoms with Crippen LogP contribution in [0.15, 0.2) is 217 Å². The van der Waals surface area contributed by atoms with Crippen LogP contribution in [-0.4, -0.2) is 63.5 Å². The van der Waals surface area contributed by atoms with Crippen molar-refractivity contribution in [1.82, 2.24) is 19.9 Å². The van der Waals surface area contributed by atoms with Crippen molar-refractivity contribution in [1.29, 1.82) is 0 Å². The molecule has 4 aromatic heterocycles. The van der Waals surface area contributed by atoms with Gasteiger partial charge in [-0.25, -0.2) is 0 Å². The predicted octanol–water partition coefficient (Wildman–Crippen LogP) is 29.1. The normalized spacial score (nSPS) is 14.1. The van der Waals surface area contributed by atoms with Crippen LogP contribution in [0.5, 0.6) is 0 Å². The molecule has 4 saturated carbocycles. The van der Waals surface area contributed by atoms with Crippen LogP contribution in [0.1, 0.15) is 238 Å². The van der Waals surface area contributed by atoms with E-state index in [0.29, 0.717) is 0 Å². The molecule has 16 rings (SSSR count). The minimum Gasteiger partial charge on any atom is -0.512 e. The first-order chi connectivity index (χ1) is 60.3. The summed E-state index contributed by atoms with van der Waals surface area (Å²) in [5, 5.41) is 38.7. The zero-order chi connectivity index (χ0) is 90.9. The maximum atomic E-state index is 10.0. The molecule has 4 heterocycles. The molecule has 4 fully saturated rings. The molecule has 4 N–H and O–H groups in total. The van der Waals surface area contributed by atoms with Gasteiger partial charge >= 0.3 is 0 Å². The molecule has 0 bridgehead atoms. The number of aliphatic hydroxyl groups excluding tert-OH is 4. The maximum absolute atomic E-state index is 10.0. The fraction of sp³-hybridized carbons (Fsp3) is 0.368. The number of nitrogens with zero attached hydrogens (tertiary/aromatic N) is 4. The minimum atomic E-state index is -0.125. The van der Waals surface area contributed by atoms with Gasteiger partial charge < -0.3 is 20.4 Å². The van der Waals surface area contributed by atoms with E-state index in [-0.39, 0.29) is 127 Å². The minimum absolute atomic E-state index is 0. The van der Waals surface area contributed by atoms with Gasteiger partial charge in [0.15, 0.2) is 23.1 Å². The molecule has 0 amide bonds. The van der Waals surface area contributed by atoms with Crippen LogP contribution < -0.4 is 0 Å². The van der Waals surface area contributed by atoms with Crippen LogP contribution in [0.4, 0.5) is 0 Å². The Morgan fingerprint density at radius 2 is 0.469 bits per heavy atom. The number of aryl methyl sites for hydroxylation is 8. The number of benzene rings is 8. The zero-order valence-corrected chi connectivity index (χ0v) is 88.5. The fourth-order valence-electron chi connectivity index (χ4n) is 17.6. The van der Waals surface area contributed by atoms with Crippen LogP contribution in [-0.2, 0) is 125 Å². The molecular formula is C114H132Ir4N4O8-4. The van der Waals surface area contributed by atoms with Crippen molar-refractivity contribution in [3.8, 4) is 45.0 Å². The summed E-state index contributed by atoms with van der Waals surface area (Å²) in [4.78, 5) is 59.8. The van der Waals surface area contributed by atoms with Crippen molar-refractivity contribution >= 4 is 66.7 Å². The molecule has 0 unspecified atom stereocenters. The summed E-state index contributed by atoms with van der Waals surface area (Å²) in [6.45, 7) is 28.3. The quantitative estimate of drug-likeness (QED) is 0.0309. The number of aromatic nitrogens is 4. The van der Waals surface area contributed by atoms with Gasteiger partial charge in [-0.15, -0.1) is 140 Å². The second kappa shape index (κ2) is 56.7. The second-order valence-corrected chi connectivity index (χ2v) is 35.4. The first-order valence-corrected chi connectivity index (χ1v) is 45.4. The van der Waals surface area contributed by atoms with Gasteiger partial charge in [-0.2, -0.15) is 0 Å². The first kappa shape index (κ1) is 111. The van der Waals surface area contributed by atoms with Crippen LogP contribution in [0, 0.1) is 103 Å². The summed E-state index contributed by atoms with van der Waals surface area (Å²) in [5.41, 5.74) is 28.5. The maximum Gasteiger partial charge on any atom is 0.155 e. The number of carbonyl (C=O) groups is 4. The van der Waals surface area contributed by atoms with Crippen molar-refractivity contribution < 1.29 is 120 Å². The molecule has 0 spiro atoms. The van der Waals surface area contributed by atoms with E-state index < -0.39 is 0 Å². The van der Waals surface area contributed by atoms with E-state index in [1.807, 2.05) is 0 Å². The molecular weight excluding hydrogens is 2320 g/mol. The Hall–Kier alpha value is -9.16. The van der Waals surface area contributed by atoms with E-state index in [2.05, 4.69) is 250 Å².